The lowest BCUT2D eigenvalue weighted by Crippen LogP contribution is -2.01. The third-order valence-electron chi connectivity index (χ3n) is 2.57. The molecule has 0 saturated heterocycles. The van der Waals surface area contributed by atoms with E-state index in [0.29, 0.717) is 4.47 Å². The van der Waals surface area contributed by atoms with Crippen LogP contribution in [0.2, 0.25) is 0 Å². The molecule has 0 unspecified atom stereocenters. The van der Waals surface area contributed by atoms with Crippen LogP contribution < -0.4 is 0 Å². The van der Waals surface area contributed by atoms with E-state index in [1.165, 1.54) is 12.1 Å². The lowest BCUT2D eigenvalue weighted by Gasteiger charge is -2.11. The molecule has 1 radical (unpaired) electrons. The maximum Gasteiger partial charge on any atom is 0.131 e. The molecule has 1 aliphatic carbocycles. The Kier molecular flexibility index (Phi) is 2.86. The third-order valence-corrected chi connectivity index (χ3v) is 3.03. The molecule has 1 aromatic rings. The van der Waals surface area contributed by atoms with Gasteiger partial charge in [-0.3, -0.25) is 0 Å². The van der Waals surface area contributed by atoms with Crippen molar-refractivity contribution in [2.45, 2.75) is 25.7 Å². The molecule has 0 spiro atoms. The number of halogens is 3. The predicted octanol–water partition coefficient (Wildman–Crippen LogP) is 4.22. The highest BCUT2D eigenvalue weighted by atomic mass is 79.9. The highest BCUT2D eigenvalue weighted by Gasteiger charge is 2.24. The summed E-state index contributed by atoms with van der Waals surface area (Å²) in [7, 11) is 0. The Labute approximate surface area is 90.4 Å². The summed E-state index contributed by atoms with van der Waals surface area (Å²) in [5.74, 6) is 0.0232. The van der Waals surface area contributed by atoms with Gasteiger partial charge in [-0.05, 0) is 25.0 Å². The fraction of sp³-hybridized carbons (Fsp3) is 0.364. The molecule has 0 aromatic heterocycles. The van der Waals surface area contributed by atoms with Gasteiger partial charge in [-0.25, -0.2) is 8.78 Å². The topological polar surface area (TPSA) is 0 Å². The number of benzene rings is 1. The van der Waals surface area contributed by atoms with Gasteiger partial charge in [0.25, 0.3) is 0 Å². The molecule has 0 atom stereocenters. The Morgan fingerprint density at radius 3 is 2.00 bits per heavy atom. The first-order valence-electron chi connectivity index (χ1n) is 4.68. The predicted molar refractivity (Wildman–Crippen MR) is 54.9 cm³/mol. The summed E-state index contributed by atoms with van der Waals surface area (Å²) in [4.78, 5) is 0. The Morgan fingerprint density at radius 2 is 1.50 bits per heavy atom. The number of hydrogen-bond acceptors (Lipinski definition) is 0. The van der Waals surface area contributed by atoms with Gasteiger partial charge in [0.05, 0.1) is 0 Å². The molecule has 0 heterocycles. The maximum absolute atomic E-state index is 13.5. The van der Waals surface area contributed by atoms with Crippen molar-refractivity contribution in [2.75, 3.05) is 0 Å². The van der Waals surface area contributed by atoms with Gasteiger partial charge >= 0.3 is 0 Å². The summed E-state index contributed by atoms with van der Waals surface area (Å²) in [5.41, 5.74) is 0.200. The molecule has 1 aromatic carbocycles. The zero-order valence-corrected chi connectivity index (χ0v) is 9.20. The van der Waals surface area contributed by atoms with E-state index in [-0.39, 0.29) is 5.56 Å². The van der Waals surface area contributed by atoms with Crippen LogP contribution in [0.5, 0.6) is 0 Å². The van der Waals surface area contributed by atoms with Crippen molar-refractivity contribution < 1.29 is 8.78 Å². The second-order valence-corrected chi connectivity index (χ2v) is 4.47. The fourth-order valence-corrected chi connectivity index (χ4v) is 2.33. The van der Waals surface area contributed by atoms with Gasteiger partial charge in [0, 0.05) is 16.0 Å². The average molecular weight is 260 g/mol. The van der Waals surface area contributed by atoms with Crippen molar-refractivity contribution in [3.63, 3.8) is 0 Å². The monoisotopic (exact) mass is 259 g/mol. The Bertz CT molecular complexity index is 320. The first-order valence-corrected chi connectivity index (χ1v) is 5.47. The first kappa shape index (κ1) is 10.1. The van der Waals surface area contributed by atoms with Crippen molar-refractivity contribution in [2.24, 2.45) is 0 Å². The maximum atomic E-state index is 13.5. The summed E-state index contributed by atoms with van der Waals surface area (Å²) in [6, 6.07) is 2.65. The molecule has 0 nitrogen and oxygen atoms in total. The molecule has 1 aliphatic rings. The van der Waals surface area contributed by atoms with Crippen molar-refractivity contribution in [3.05, 3.63) is 39.7 Å². The molecule has 0 bridgehead atoms. The summed E-state index contributed by atoms with van der Waals surface area (Å²) < 4.78 is 27.4. The van der Waals surface area contributed by atoms with Gasteiger partial charge in [0.1, 0.15) is 11.6 Å². The van der Waals surface area contributed by atoms with E-state index in [1.807, 2.05) is 0 Å². The smallest absolute Gasteiger partial charge is 0.131 e. The Morgan fingerprint density at radius 1 is 1.00 bits per heavy atom. The lowest BCUT2D eigenvalue weighted by atomic mass is 9.97. The van der Waals surface area contributed by atoms with E-state index in [2.05, 4.69) is 15.9 Å². The Balaban J connectivity index is 2.40. The van der Waals surface area contributed by atoms with Gasteiger partial charge in [-0.15, -0.1) is 0 Å². The van der Waals surface area contributed by atoms with Gasteiger partial charge < -0.3 is 0 Å². The third kappa shape index (κ3) is 1.83. The second kappa shape index (κ2) is 3.97. The minimum atomic E-state index is -0.450. The standard InChI is InChI=1S/C11H10BrF2/c12-8-5-9(13)11(10(14)6-8)7-3-1-2-4-7/h5-6H,1-4H2. The molecule has 14 heavy (non-hydrogen) atoms. The fourth-order valence-electron chi connectivity index (χ4n) is 1.93. The number of rotatable bonds is 1. The van der Waals surface area contributed by atoms with E-state index >= 15 is 0 Å². The van der Waals surface area contributed by atoms with Crippen LogP contribution in [0, 0.1) is 17.6 Å². The van der Waals surface area contributed by atoms with Gasteiger partial charge in [0.2, 0.25) is 0 Å². The van der Waals surface area contributed by atoms with Crippen molar-refractivity contribution in [1.82, 2.24) is 0 Å². The molecule has 2 rings (SSSR count). The molecular formula is C11H10BrF2. The molecule has 0 N–H and O–H groups in total. The highest BCUT2D eigenvalue weighted by molar-refractivity contribution is 9.10. The van der Waals surface area contributed by atoms with E-state index < -0.39 is 11.6 Å². The molecule has 0 aliphatic heterocycles. The molecule has 0 amide bonds. The summed E-state index contributed by atoms with van der Waals surface area (Å²) in [6.07, 6.45) is 3.75. The van der Waals surface area contributed by atoms with E-state index in [4.69, 9.17) is 0 Å². The molecule has 3 heteroatoms. The quantitative estimate of drug-likeness (QED) is 0.709. The largest absolute Gasteiger partial charge is 0.207 e. The van der Waals surface area contributed by atoms with Crippen LogP contribution in [-0.4, -0.2) is 0 Å². The summed E-state index contributed by atoms with van der Waals surface area (Å²) >= 11 is 3.07. The van der Waals surface area contributed by atoms with E-state index in [9.17, 15) is 8.78 Å². The molecule has 1 fully saturated rings. The van der Waals surface area contributed by atoms with E-state index in [1.54, 1.807) is 0 Å². The second-order valence-electron chi connectivity index (χ2n) is 3.56. The van der Waals surface area contributed by atoms with Crippen LogP contribution in [-0.2, 0) is 0 Å². The van der Waals surface area contributed by atoms with Crippen LogP contribution in [0.25, 0.3) is 0 Å². The summed E-state index contributed by atoms with van der Waals surface area (Å²) in [5, 5.41) is 0. The van der Waals surface area contributed by atoms with E-state index in [0.717, 1.165) is 31.6 Å². The highest BCUT2D eigenvalue weighted by Crippen LogP contribution is 2.36. The first-order chi connectivity index (χ1) is 6.68. The lowest BCUT2D eigenvalue weighted by molar-refractivity contribution is 0.558. The van der Waals surface area contributed by atoms with Crippen molar-refractivity contribution in [3.8, 4) is 0 Å². The zero-order valence-electron chi connectivity index (χ0n) is 7.62. The minimum absolute atomic E-state index is 0.200. The minimum Gasteiger partial charge on any atom is -0.207 e. The van der Waals surface area contributed by atoms with Crippen LogP contribution in [0.3, 0.4) is 0 Å². The van der Waals surface area contributed by atoms with Crippen LogP contribution in [0.1, 0.15) is 31.2 Å². The zero-order chi connectivity index (χ0) is 10.1. The van der Waals surface area contributed by atoms with Crippen molar-refractivity contribution >= 4 is 15.9 Å². The van der Waals surface area contributed by atoms with Crippen LogP contribution >= 0.6 is 15.9 Å². The van der Waals surface area contributed by atoms with Gasteiger partial charge in [-0.2, -0.15) is 0 Å². The molecule has 1 saturated carbocycles. The summed E-state index contributed by atoms with van der Waals surface area (Å²) in [6.45, 7) is 0. The molecule has 75 valence electrons. The normalized spacial score (nSPS) is 17.6. The Hall–Kier alpha value is -0.440. The van der Waals surface area contributed by atoms with Gasteiger partial charge in [0.15, 0.2) is 0 Å². The SMILES string of the molecule is Fc1cc(Br)cc(F)c1[C]1CCCC1. The molecular weight excluding hydrogens is 250 g/mol. The average Bonchev–Trinajstić information content (AvgIpc) is 2.54. The van der Waals surface area contributed by atoms with Gasteiger partial charge in [-0.1, -0.05) is 28.8 Å². The van der Waals surface area contributed by atoms with Crippen LogP contribution in [0.15, 0.2) is 16.6 Å². The van der Waals surface area contributed by atoms with Crippen molar-refractivity contribution in [1.29, 1.82) is 0 Å². The van der Waals surface area contributed by atoms with Crippen LogP contribution in [0.4, 0.5) is 8.78 Å². The number of hydrogen-bond donors (Lipinski definition) is 0.